The van der Waals surface area contributed by atoms with Crippen LogP contribution in [0.4, 0.5) is 0 Å². The van der Waals surface area contributed by atoms with Crippen LogP contribution < -0.4 is 15.2 Å². The van der Waals surface area contributed by atoms with Crippen molar-refractivity contribution in [2.75, 3.05) is 20.5 Å². The third-order valence-electron chi connectivity index (χ3n) is 3.93. The molecule has 3 rings (SSSR count). The SMILES string of the molecule is CCn1c(=S)c2c(OC)nc(SC)nc2n(-c2cccc(OC)c2)c1=O. The number of nitrogens with zero attached hydrogens (tertiary/aromatic N) is 4. The highest BCUT2D eigenvalue weighted by Gasteiger charge is 2.19. The minimum Gasteiger partial charge on any atom is -0.497 e. The third-order valence-corrected chi connectivity index (χ3v) is 4.91. The molecule has 0 atom stereocenters. The largest absolute Gasteiger partial charge is 0.497 e. The maximum absolute atomic E-state index is 13.1. The Kier molecular flexibility index (Phi) is 5.28. The summed E-state index contributed by atoms with van der Waals surface area (Å²) in [6, 6.07) is 7.23. The smallest absolute Gasteiger partial charge is 0.335 e. The van der Waals surface area contributed by atoms with Gasteiger partial charge >= 0.3 is 5.69 Å². The molecule has 0 radical (unpaired) electrons. The Hall–Kier alpha value is -2.39. The van der Waals surface area contributed by atoms with Crippen molar-refractivity contribution >= 4 is 35.0 Å². The summed E-state index contributed by atoms with van der Waals surface area (Å²) in [5, 5.41) is 1.03. The van der Waals surface area contributed by atoms with Crippen LogP contribution in [0.15, 0.2) is 34.2 Å². The lowest BCUT2D eigenvalue weighted by molar-refractivity contribution is 0.397. The van der Waals surface area contributed by atoms with E-state index in [2.05, 4.69) is 9.97 Å². The van der Waals surface area contributed by atoms with Crippen molar-refractivity contribution in [3.05, 3.63) is 39.4 Å². The van der Waals surface area contributed by atoms with E-state index >= 15 is 0 Å². The molecule has 0 aliphatic carbocycles. The van der Waals surface area contributed by atoms with Crippen molar-refractivity contribution in [2.24, 2.45) is 0 Å². The van der Waals surface area contributed by atoms with Crippen molar-refractivity contribution in [1.29, 1.82) is 0 Å². The van der Waals surface area contributed by atoms with Crippen molar-refractivity contribution in [3.8, 4) is 17.3 Å². The highest BCUT2D eigenvalue weighted by Crippen LogP contribution is 2.27. The minimum absolute atomic E-state index is 0.272. The lowest BCUT2D eigenvalue weighted by Gasteiger charge is -2.16. The first-order chi connectivity index (χ1) is 12.5. The number of hydrogen-bond donors (Lipinski definition) is 0. The van der Waals surface area contributed by atoms with Crippen LogP contribution in [0.25, 0.3) is 16.7 Å². The molecule has 0 aliphatic heterocycles. The summed E-state index contributed by atoms with van der Waals surface area (Å²) in [7, 11) is 3.10. The first-order valence-corrected chi connectivity index (χ1v) is 9.49. The molecule has 3 aromatic rings. The molecule has 0 saturated heterocycles. The van der Waals surface area contributed by atoms with Gasteiger partial charge in [0.15, 0.2) is 10.8 Å². The van der Waals surface area contributed by atoms with E-state index in [-0.39, 0.29) is 5.69 Å². The number of ether oxygens (including phenoxy) is 2. The first kappa shape index (κ1) is 18.4. The van der Waals surface area contributed by atoms with Crippen molar-refractivity contribution in [1.82, 2.24) is 19.1 Å². The number of benzene rings is 1. The van der Waals surface area contributed by atoms with Crippen molar-refractivity contribution < 1.29 is 9.47 Å². The molecule has 136 valence electrons. The van der Waals surface area contributed by atoms with Crippen LogP contribution in [0.1, 0.15) is 6.92 Å². The number of methoxy groups -OCH3 is 2. The zero-order valence-electron chi connectivity index (χ0n) is 14.8. The highest BCUT2D eigenvalue weighted by molar-refractivity contribution is 7.98. The maximum atomic E-state index is 13.1. The number of thioether (sulfide) groups is 1. The normalized spacial score (nSPS) is 10.9. The van der Waals surface area contributed by atoms with E-state index in [0.717, 1.165) is 0 Å². The second-order valence-corrected chi connectivity index (χ2v) is 6.45. The van der Waals surface area contributed by atoms with Gasteiger partial charge in [-0.25, -0.2) is 14.3 Å². The lowest BCUT2D eigenvalue weighted by atomic mass is 10.3. The molecule has 0 amide bonds. The van der Waals surface area contributed by atoms with Crippen LogP contribution in [0.5, 0.6) is 11.6 Å². The van der Waals surface area contributed by atoms with Gasteiger partial charge in [0, 0.05) is 12.6 Å². The van der Waals surface area contributed by atoms with Gasteiger partial charge in [-0.15, -0.1) is 0 Å². The quantitative estimate of drug-likeness (QED) is 0.377. The third kappa shape index (κ3) is 2.97. The standard InChI is InChI=1S/C17H18N4O3S2/c1-5-20-15(25)12-13(18-16(26-4)19-14(12)24-3)21(17(20)22)10-7-6-8-11(9-10)23-2/h6-9H,5H2,1-4H3. The molecule has 0 spiro atoms. The van der Waals surface area contributed by atoms with Gasteiger partial charge in [0.1, 0.15) is 15.8 Å². The monoisotopic (exact) mass is 390 g/mol. The summed E-state index contributed by atoms with van der Waals surface area (Å²) >= 11 is 6.89. The van der Waals surface area contributed by atoms with Gasteiger partial charge in [-0.3, -0.25) is 4.57 Å². The van der Waals surface area contributed by atoms with Gasteiger partial charge in [-0.1, -0.05) is 30.0 Å². The summed E-state index contributed by atoms with van der Waals surface area (Å²) in [6.45, 7) is 2.29. The average Bonchev–Trinajstić information content (AvgIpc) is 2.67. The topological polar surface area (TPSA) is 71.2 Å². The van der Waals surface area contributed by atoms with Gasteiger partial charge in [0.2, 0.25) is 5.88 Å². The number of fused-ring (bicyclic) bond motifs is 1. The number of rotatable bonds is 5. The highest BCUT2D eigenvalue weighted by atomic mass is 32.2. The molecule has 0 aliphatic rings. The molecule has 1 aromatic carbocycles. The molecular weight excluding hydrogens is 372 g/mol. The Balaban J connectivity index is 2.55. The molecule has 0 saturated carbocycles. The lowest BCUT2D eigenvalue weighted by Crippen LogP contribution is -2.31. The molecule has 0 unspecified atom stereocenters. The summed E-state index contributed by atoms with van der Waals surface area (Å²) in [6.07, 6.45) is 1.86. The predicted molar refractivity (Wildman–Crippen MR) is 105 cm³/mol. The molecule has 2 aromatic heterocycles. The molecule has 7 nitrogen and oxygen atoms in total. The Labute approximate surface area is 159 Å². The van der Waals surface area contributed by atoms with Crippen LogP contribution in [-0.2, 0) is 6.54 Å². The van der Waals surface area contributed by atoms with Crippen LogP contribution in [0.2, 0.25) is 0 Å². The molecule has 0 fully saturated rings. The number of aromatic nitrogens is 4. The van der Waals surface area contributed by atoms with Gasteiger partial charge in [-0.2, -0.15) is 4.98 Å². The van der Waals surface area contributed by atoms with Gasteiger partial charge < -0.3 is 9.47 Å². The molecule has 9 heteroatoms. The van der Waals surface area contributed by atoms with E-state index in [1.54, 1.807) is 13.2 Å². The Morgan fingerprint density at radius 1 is 1.23 bits per heavy atom. The average molecular weight is 390 g/mol. The number of hydrogen-bond acceptors (Lipinski definition) is 7. The van der Waals surface area contributed by atoms with E-state index in [9.17, 15) is 4.79 Å². The fourth-order valence-electron chi connectivity index (χ4n) is 2.69. The molecule has 26 heavy (non-hydrogen) atoms. The van der Waals surface area contributed by atoms with E-state index in [1.807, 2.05) is 31.4 Å². The van der Waals surface area contributed by atoms with Gasteiger partial charge in [0.25, 0.3) is 0 Å². The second kappa shape index (κ2) is 7.46. The van der Waals surface area contributed by atoms with E-state index in [1.165, 1.54) is 28.0 Å². The zero-order chi connectivity index (χ0) is 18.8. The Bertz CT molecular complexity index is 1090. The minimum atomic E-state index is -0.272. The summed E-state index contributed by atoms with van der Waals surface area (Å²) in [4.78, 5) is 22.1. The first-order valence-electron chi connectivity index (χ1n) is 7.85. The van der Waals surface area contributed by atoms with Crippen LogP contribution in [0.3, 0.4) is 0 Å². The predicted octanol–water partition coefficient (Wildman–Crippen LogP) is 3.07. The van der Waals surface area contributed by atoms with E-state index in [0.29, 0.717) is 44.7 Å². The molecule has 2 heterocycles. The van der Waals surface area contributed by atoms with Crippen LogP contribution in [0, 0.1) is 4.64 Å². The molecule has 0 bridgehead atoms. The fraction of sp³-hybridized carbons (Fsp3) is 0.294. The van der Waals surface area contributed by atoms with Crippen molar-refractivity contribution in [3.63, 3.8) is 0 Å². The summed E-state index contributed by atoms with van der Waals surface area (Å²) < 4.78 is 14.1. The van der Waals surface area contributed by atoms with Gasteiger partial charge in [0.05, 0.1) is 19.9 Å². The van der Waals surface area contributed by atoms with E-state index < -0.39 is 0 Å². The molecule has 0 N–H and O–H groups in total. The van der Waals surface area contributed by atoms with Gasteiger partial charge in [-0.05, 0) is 25.3 Å². The van der Waals surface area contributed by atoms with Crippen LogP contribution >= 0.6 is 24.0 Å². The summed E-state index contributed by atoms with van der Waals surface area (Å²) in [5.74, 6) is 0.988. The molecular formula is C17H18N4O3S2. The zero-order valence-corrected chi connectivity index (χ0v) is 16.5. The van der Waals surface area contributed by atoms with Crippen LogP contribution in [-0.4, -0.2) is 39.6 Å². The van der Waals surface area contributed by atoms with E-state index in [4.69, 9.17) is 21.7 Å². The Morgan fingerprint density at radius 2 is 2.00 bits per heavy atom. The second-order valence-electron chi connectivity index (χ2n) is 5.29. The Morgan fingerprint density at radius 3 is 2.62 bits per heavy atom. The van der Waals surface area contributed by atoms with Crippen molar-refractivity contribution in [2.45, 2.75) is 18.6 Å². The summed E-state index contributed by atoms with van der Waals surface area (Å²) in [5.41, 5.74) is 0.768. The maximum Gasteiger partial charge on any atom is 0.335 e. The fourth-order valence-corrected chi connectivity index (χ4v) is 3.43.